The van der Waals surface area contributed by atoms with Crippen molar-refractivity contribution in [2.24, 2.45) is 5.92 Å². The van der Waals surface area contributed by atoms with Crippen LogP contribution in [0.3, 0.4) is 0 Å². The summed E-state index contributed by atoms with van der Waals surface area (Å²) in [4.78, 5) is 0. The second kappa shape index (κ2) is 7.07. The zero-order chi connectivity index (χ0) is 7.82. The fourth-order valence-corrected chi connectivity index (χ4v) is 0.965. The van der Waals surface area contributed by atoms with Crippen molar-refractivity contribution in [1.82, 2.24) is 0 Å². The van der Waals surface area contributed by atoms with Crippen LogP contribution >= 0.6 is 0 Å². The Balaban J connectivity index is 2.77. The van der Waals surface area contributed by atoms with Crippen LogP contribution in [0.25, 0.3) is 0 Å². The highest BCUT2D eigenvalue weighted by Crippen LogP contribution is 2.09. The Morgan fingerprint density at radius 1 is 1.20 bits per heavy atom. The zero-order valence-corrected chi connectivity index (χ0v) is 7.14. The summed E-state index contributed by atoms with van der Waals surface area (Å²) in [7, 11) is 0. The Hall–Kier alpha value is -0.0400. The quantitative estimate of drug-likeness (QED) is 0.566. The molecule has 0 saturated carbocycles. The summed E-state index contributed by atoms with van der Waals surface area (Å²) in [5, 5.41) is 8.35. The van der Waals surface area contributed by atoms with Gasteiger partial charge in [-0.15, -0.1) is 0 Å². The molecule has 0 aromatic heterocycles. The molecule has 0 atom stereocenters. The fraction of sp³-hybridized carbons (Fsp3) is 0.889. The second-order valence-corrected chi connectivity index (χ2v) is 3.21. The highest BCUT2D eigenvalue weighted by atomic mass is 16.2. The Kier molecular flexibility index (Phi) is 7.04. The Morgan fingerprint density at radius 2 is 1.90 bits per heavy atom. The lowest BCUT2D eigenvalue weighted by atomic mass is 10.0. The van der Waals surface area contributed by atoms with Gasteiger partial charge >= 0.3 is 0 Å². The van der Waals surface area contributed by atoms with Crippen LogP contribution in [-0.2, 0) is 0 Å². The lowest BCUT2D eigenvalue weighted by Crippen LogP contribution is -1.86. The molecular formula is C9H19O. The Labute approximate surface area is 64.5 Å². The molecule has 61 valence electrons. The van der Waals surface area contributed by atoms with Gasteiger partial charge in [-0.2, -0.15) is 0 Å². The maximum absolute atomic E-state index is 8.35. The van der Waals surface area contributed by atoms with Crippen LogP contribution in [0.1, 0.15) is 46.0 Å². The van der Waals surface area contributed by atoms with E-state index in [2.05, 4.69) is 13.8 Å². The van der Waals surface area contributed by atoms with E-state index in [4.69, 9.17) is 5.11 Å². The van der Waals surface area contributed by atoms with E-state index in [-0.39, 0.29) is 0 Å². The molecule has 0 aliphatic carbocycles. The van der Waals surface area contributed by atoms with Gasteiger partial charge < -0.3 is 5.11 Å². The Morgan fingerprint density at radius 3 is 2.40 bits per heavy atom. The van der Waals surface area contributed by atoms with Gasteiger partial charge in [0.2, 0.25) is 0 Å². The molecule has 1 radical (unpaired) electrons. The first-order valence-corrected chi connectivity index (χ1v) is 4.23. The smallest absolute Gasteiger partial charge is 0.0799 e. The summed E-state index contributed by atoms with van der Waals surface area (Å²) in [5.41, 5.74) is 0. The lowest BCUT2D eigenvalue weighted by molar-refractivity contribution is 0.366. The Bertz CT molecular complexity index is 59.7. The third-order valence-electron chi connectivity index (χ3n) is 1.61. The van der Waals surface area contributed by atoms with Gasteiger partial charge in [-0.05, 0) is 12.3 Å². The molecule has 0 spiro atoms. The van der Waals surface area contributed by atoms with Crippen molar-refractivity contribution in [2.75, 3.05) is 0 Å². The summed E-state index contributed by atoms with van der Waals surface area (Å²) in [5.74, 6) is 0.832. The molecule has 0 bridgehead atoms. The number of aliphatic hydroxyl groups is 1. The summed E-state index contributed by atoms with van der Waals surface area (Å²) in [6.45, 7) is 5.76. The SMILES string of the molecule is CC(C)CCCCC[CH]O. The van der Waals surface area contributed by atoms with Crippen molar-refractivity contribution < 1.29 is 5.11 Å². The van der Waals surface area contributed by atoms with Gasteiger partial charge in [0.1, 0.15) is 0 Å². The molecule has 0 saturated heterocycles. The topological polar surface area (TPSA) is 20.2 Å². The molecule has 0 aromatic carbocycles. The van der Waals surface area contributed by atoms with Gasteiger partial charge in [-0.1, -0.05) is 39.5 Å². The monoisotopic (exact) mass is 143 g/mol. The largest absolute Gasteiger partial charge is 0.390 e. The van der Waals surface area contributed by atoms with Gasteiger partial charge in [0.05, 0.1) is 6.61 Å². The molecule has 1 nitrogen and oxygen atoms in total. The summed E-state index contributed by atoms with van der Waals surface area (Å²) in [6, 6.07) is 0. The van der Waals surface area contributed by atoms with Gasteiger partial charge in [0, 0.05) is 0 Å². The first-order valence-electron chi connectivity index (χ1n) is 4.23. The van der Waals surface area contributed by atoms with E-state index in [1.54, 1.807) is 0 Å². The van der Waals surface area contributed by atoms with E-state index < -0.39 is 0 Å². The molecule has 0 aliphatic heterocycles. The maximum atomic E-state index is 8.35. The first kappa shape index (κ1) is 9.96. The van der Waals surface area contributed by atoms with Crippen LogP contribution in [0, 0.1) is 12.5 Å². The average molecular weight is 143 g/mol. The van der Waals surface area contributed by atoms with Crippen LogP contribution < -0.4 is 0 Å². The first-order chi connectivity index (χ1) is 4.77. The van der Waals surface area contributed by atoms with Crippen molar-refractivity contribution in [2.45, 2.75) is 46.0 Å². The molecule has 1 heteroatoms. The zero-order valence-electron chi connectivity index (χ0n) is 7.14. The van der Waals surface area contributed by atoms with Crippen molar-refractivity contribution >= 4 is 0 Å². The number of unbranched alkanes of at least 4 members (excludes halogenated alkanes) is 3. The van der Waals surface area contributed by atoms with Crippen molar-refractivity contribution in [3.63, 3.8) is 0 Å². The fourth-order valence-electron chi connectivity index (χ4n) is 0.965. The number of hydrogen-bond acceptors (Lipinski definition) is 1. The minimum Gasteiger partial charge on any atom is -0.390 e. The van der Waals surface area contributed by atoms with Gasteiger partial charge in [0.25, 0.3) is 0 Å². The normalized spacial score (nSPS) is 10.8. The number of rotatable bonds is 6. The van der Waals surface area contributed by atoms with E-state index in [1.165, 1.54) is 25.9 Å². The van der Waals surface area contributed by atoms with Gasteiger partial charge in [-0.3, -0.25) is 0 Å². The summed E-state index contributed by atoms with van der Waals surface area (Å²) in [6.07, 6.45) is 5.90. The highest BCUT2D eigenvalue weighted by Gasteiger charge is 1.93. The molecule has 1 N–H and O–H groups in total. The number of aliphatic hydroxyl groups excluding tert-OH is 1. The predicted octanol–water partition coefficient (Wildman–Crippen LogP) is 3.13. The van der Waals surface area contributed by atoms with Crippen LogP contribution in [0.4, 0.5) is 0 Å². The van der Waals surface area contributed by atoms with Crippen molar-refractivity contribution in [3.05, 3.63) is 6.61 Å². The van der Waals surface area contributed by atoms with E-state index >= 15 is 0 Å². The lowest BCUT2D eigenvalue weighted by Gasteiger charge is -2.02. The standard InChI is InChI=1S/C9H19O/c1-9(2)7-5-3-4-6-8-10/h8-10H,3-7H2,1-2H3. The molecule has 0 aliphatic rings. The molecule has 10 heavy (non-hydrogen) atoms. The van der Waals surface area contributed by atoms with E-state index in [0.29, 0.717) is 0 Å². The molecule has 0 unspecified atom stereocenters. The minimum absolute atomic E-state index is 0.832. The van der Waals surface area contributed by atoms with Crippen molar-refractivity contribution in [1.29, 1.82) is 0 Å². The van der Waals surface area contributed by atoms with Gasteiger partial charge in [-0.25, -0.2) is 0 Å². The molecule has 0 aromatic rings. The molecular weight excluding hydrogens is 124 g/mol. The molecule has 0 rings (SSSR count). The van der Waals surface area contributed by atoms with Crippen LogP contribution in [0.5, 0.6) is 0 Å². The minimum atomic E-state index is 0.832. The summed E-state index contributed by atoms with van der Waals surface area (Å²) < 4.78 is 0. The third-order valence-corrected chi connectivity index (χ3v) is 1.61. The van der Waals surface area contributed by atoms with Crippen LogP contribution in [0.2, 0.25) is 0 Å². The van der Waals surface area contributed by atoms with E-state index in [9.17, 15) is 0 Å². The number of hydrogen-bond donors (Lipinski definition) is 1. The highest BCUT2D eigenvalue weighted by molar-refractivity contribution is 4.50. The van der Waals surface area contributed by atoms with Gasteiger partial charge in [0.15, 0.2) is 0 Å². The summed E-state index contributed by atoms with van der Waals surface area (Å²) >= 11 is 0. The maximum Gasteiger partial charge on any atom is 0.0799 e. The second-order valence-electron chi connectivity index (χ2n) is 3.21. The average Bonchev–Trinajstić information content (AvgIpc) is 1.87. The molecule has 0 amide bonds. The van der Waals surface area contributed by atoms with Crippen molar-refractivity contribution in [3.8, 4) is 0 Å². The third kappa shape index (κ3) is 7.96. The molecule has 0 heterocycles. The van der Waals surface area contributed by atoms with Crippen LogP contribution in [-0.4, -0.2) is 5.11 Å². The van der Waals surface area contributed by atoms with E-state index in [1.807, 2.05) is 0 Å². The molecule has 0 fully saturated rings. The predicted molar refractivity (Wildman–Crippen MR) is 44.2 cm³/mol. The van der Waals surface area contributed by atoms with E-state index in [0.717, 1.165) is 18.8 Å². The van der Waals surface area contributed by atoms with Crippen LogP contribution in [0.15, 0.2) is 0 Å².